The van der Waals surface area contributed by atoms with E-state index >= 15 is 0 Å². The van der Waals surface area contributed by atoms with Gasteiger partial charge in [-0.3, -0.25) is 0 Å². The van der Waals surface area contributed by atoms with Crippen molar-refractivity contribution in [2.75, 3.05) is 7.11 Å². The summed E-state index contributed by atoms with van der Waals surface area (Å²) in [6, 6.07) is 2.80. The van der Waals surface area contributed by atoms with Gasteiger partial charge in [0.1, 0.15) is 0 Å². The molecule has 0 unspecified atom stereocenters. The molecule has 0 aliphatic rings. The lowest BCUT2D eigenvalue weighted by Crippen LogP contribution is -2.13. The summed E-state index contributed by atoms with van der Waals surface area (Å²) in [6.45, 7) is -0.0252. The van der Waals surface area contributed by atoms with Crippen molar-refractivity contribution >= 4 is 5.97 Å². The fraction of sp³-hybridized carbons (Fsp3) is 0.300. The molecular formula is C10H10F3NO2. The zero-order valence-corrected chi connectivity index (χ0v) is 8.47. The minimum atomic E-state index is -4.49. The normalized spacial score (nSPS) is 11.3. The molecule has 0 radical (unpaired) electrons. The van der Waals surface area contributed by atoms with Crippen molar-refractivity contribution in [1.29, 1.82) is 0 Å². The predicted octanol–water partition coefficient (Wildman–Crippen LogP) is 1.95. The van der Waals surface area contributed by atoms with Gasteiger partial charge in [0.05, 0.1) is 18.2 Å². The van der Waals surface area contributed by atoms with Crippen molar-refractivity contribution < 1.29 is 22.7 Å². The first-order chi connectivity index (χ1) is 7.40. The molecule has 0 aliphatic carbocycles. The Morgan fingerprint density at radius 3 is 2.50 bits per heavy atom. The maximum atomic E-state index is 12.4. The van der Waals surface area contributed by atoms with Crippen LogP contribution in [0.3, 0.4) is 0 Å². The second kappa shape index (κ2) is 4.52. The zero-order valence-electron chi connectivity index (χ0n) is 8.47. The molecule has 0 heterocycles. The Bertz CT molecular complexity index is 402. The van der Waals surface area contributed by atoms with E-state index in [1.807, 2.05) is 0 Å². The van der Waals surface area contributed by atoms with Gasteiger partial charge < -0.3 is 10.5 Å². The van der Waals surface area contributed by atoms with Gasteiger partial charge in [-0.25, -0.2) is 4.79 Å². The van der Waals surface area contributed by atoms with E-state index in [0.29, 0.717) is 5.56 Å². The van der Waals surface area contributed by atoms with Crippen LogP contribution in [0.4, 0.5) is 13.2 Å². The van der Waals surface area contributed by atoms with Crippen LogP contribution in [0.2, 0.25) is 0 Å². The van der Waals surface area contributed by atoms with Gasteiger partial charge in [0.25, 0.3) is 0 Å². The summed E-state index contributed by atoms with van der Waals surface area (Å²) >= 11 is 0. The maximum Gasteiger partial charge on any atom is 0.416 e. The summed E-state index contributed by atoms with van der Waals surface area (Å²) in [4.78, 5) is 11.2. The van der Waals surface area contributed by atoms with Gasteiger partial charge in [-0.1, -0.05) is 6.07 Å². The highest BCUT2D eigenvalue weighted by atomic mass is 19.4. The van der Waals surface area contributed by atoms with Crippen molar-refractivity contribution in [1.82, 2.24) is 0 Å². The SMILES string of the molecule is COC(=O)c1cc(C(F)(F)F)ccc1CN. The van der Waals surface area contributed by atoms with Crippen LogP contribution in [0.25, 0.3) is 0 Å². The molecule has 16 heavy (non-hydrogen) atoms. The standard InChI is InChI=1S/C10H10F3NO2/c1-16-9(15)8-4-7(10(11,12)13)3-2-6(8)5-14/h2-4H,5,14H2,1H3. The maximum absolute atomic E-state index is 12.4. The quantitative estimate of drug-likeness (QED) is 0.794. The monoisotopic (exact) mass is 233 g/mol. The molecule has 6 heteroatoms. The highest BCUT2D eigenvalue weighted by Gasteiger charge is 2.31. The number of hydrogen-bond acceptors (Lipinski definition) is 3. The summed E-state index contributed by atoms with van der Waals surface area (Å²) < 4.78 is 41.5. The minimum Gasteiger partial charge on any atom is -0.465 e. The van der Waals surface area contributed by atoms with Crippen molar-refractivity contribution in [3.8, 4) is 0 Å². The number of halogens is 3. The largest absolute Gasteiger partial charge is 0.465 e. The summed E-state index contributed by atoms with van der Waals surface area (Å²) in [5.74, 6) is -0.827. The van der Waals surface area contributed by atoms with Gasteiger partial charge in [-0.15, -0.1) is 0 Å². The summed E-state index contributed by atoms with van der Waals surface area (Å²) in [7, 11) is 1.10. The van der Waals surface area contributed by atoms with Crippen LogP contribution in [0.5, 0.6) is 0 Å². The van der Waals surface area contributed by atoms with Crippen molar-refractivity contribution in [3.63, 3.8) is 0 Å². The van der Waals surface area contributed by atoms with Gasteiger partial charge in [-0.2, -0.15) is 13.2 Å². The van der Waals surface area contributed by atoms with Crippen LogP contribution in [-0.2, 0) is 17.5 Å². The Morgan fingerprint density at radius 2 is 2.06 bits per heavy atom. The van der Waals surface area contributed by atoms with E-state index in [9.17, 15) is 18.0 Å². The Morgan fingerprint density at radius 1 is 1.44 bits per heavy atom. The average molecular weight is 233 g/mol. The molecule has 0 aromatic heterocycles. The smallest absolute Gasteiger partial charge is 0.416 e. The number of nitrogens with two attached hydrogens (primary N) is 1. The third-order valence-electron chi connectivity index (χ3n) is 2.06. The second-order valence-electron chi connectivity index (χ2n) is 3.07. The molecule has 0 saturated heterocycles. The number of rotatable bonds is 2. The molecule has 0 fully saturated rings. The highest BCUT2D eigenvalue weighted by Crippen LogP contribution is 2.30. The number of carbonyl (C=O) groups excluding carboxylic acids is 1. The molecule has 3 nitrogen and oxygen atoms in total. The van der Waals surface area contributed by atoms with Gasteiger partial charge in [0.15, 0.2) is 0 Å². The van der Waals surface area contributed by atoms with Gasteiger partial charge in [0.2, 0.25) is 0 Å². The van der Waals surface area contributed by atoms with Crippen LogP contribution < -0.4 is 5.73 Å². The molecule has 2 N–H and O–H groups in total. The molecule has 1 aromatic rings. The fourth-order valence-electron chi connectivity index (χ4n) is 1.23. The fourth-order valence-corrected chi connectivity index (χ4v) is 1.23. The number of hydrogen-bond donors (Lipinski definition) is 1. The van der Waals surface area contributed by atoms with Crippen molar-refractivity contribution in [2.45, 2.75) is 12.7 Å². The van der Waals surface area contributed by atoms with Crippen molar-refractivity contribution in [2.24, 2.45) is 5.73 Å². The molecule has 0 spiro atoms. The number of ether oxygens (including phenoxy) is 1. The van der Waals surface area contributed by atoms with Crippen LogP contribution in [0.15, 0.2) is 18.2 Å². The third-order valence-corrected chi connectivity index (χ3v) is 2.06. The molecule has 0 atom stereocenters. The molecule has 1 rings (SSSR count). The molecule has 0 bridgehead atoms. The third kappa shape index (κ3) is 2.52. The van der Waals surface area contributed by atoms with E-state index in [2.05, 4.69) is 4.74 Å². The Labute approximate surface area is 90.0 Å². The first-order valence-corrected chi connectivity index (χ1v) is 4.38. The van der Waals surface area contributed by atoms with Gasteiger partial charge in [0, 0.05) is 6.54 Å². The highest BCUT2D eigenvalue weighted by molar-refractivity contribution is 5.91. The van der Waals surface area contributed by atoms with Crippen LogP contribution >= 0.6 is 0 Å². The van der Waals surface area contributed by atoms with Crippen LogP contribution in [0, 0.1) is 0 Å². The number of benzene rings is 1. The molecule has 0 aliphatic heterocycles. The molecular weight excluding hydrogens is 223 g/mol. The lowest BCUT2D eigenvalue weighted by atomic mass is 10.0. The van der Waals surface area contributed by atoms with Crippen LogP contribution in [0.1, 0.15) is 21.5 Å². The minimum absolute atomic E-state index is 0.0252. The molecule has 1 aromatic carbocycles. The number of carbonyl (C=O) groups is 1. The Kier molecular flexibility index (Phi) is 3.54. The second-order valence-corrected chi connectivity index (χ2v) is 3.07. The van der Waals surface area contributed by atoms with Crippen LogP contribution in [-0.4, -0.2) is 13.1 Å². The van der Waals surface area contributed by atoms with E-state index in [4.69, 9.17) is 5.73 Å². The van der Waals surface area contributed by atoms with Crippen molar-refractivity contribution in [3.05, 3.63) is 34.9 Å². The van der Waals surface area contributed by atoms with E-state index in [-0.39, 0.29) is 12.1 Å². The number of alkyl halides is 3. The number of esters is 1. The van der Waals surface area contributed by atoms with E-state index in [0.717, 1.165) is 19.2 Å². The Balaban J connectivity index is 3.27. The molecule has 88 valence electrons. The van der Waals surface area contributed by atoms with Gasteiger partial charge in [-0.05, 0) is 17.7 Å². The lowest BCUT2D eigenvalue weighted by Gasteiger charge is -2.11. The average Bonchev–Trinajstić information content (AvgIpc) is 2.25. The van der Waals surface area contributed by atoms with Gasteiger partial charge >= 0.3 is 12.1 Å². The molecule has 0 amide bonds. The lowest BCUT2D eigenvalue weighted by molar-refractivity contribution is -0.137. The van der Waals surface area contributed by atoms with E-state index in [1.165, 1.54) is 6.07 Å². The molecule has 0 saturated carbocycles. The summed E-state index contributed by atoms with van der Waals surface area (Å²) in [5.41, 5.74) is 4.58. The first kappa shape index (κ1) is 12.5. The number of methoxy groups -OCH3 is 1. The van der Waals surface area contributed by atoms with E-state index in [1.54, 1.807) is 0 Å². The zero-order chi connectivity index (χ0) is 12.3. The first-order valence-electron chi connectivity index (χ1n) is 4.38. The van der Waals surface area contributed by atoms with E-state index < -0.39 is 17.7 Å². The Hall–Kier alpha value is -1.56. The topological polar surface area (TPSA) is 52.3 Å². The predicted molar refractivity (Wildman–Crippen MR) is 50.7 cm³/mol. The summed E-state index contributed by atoms with van der Waals surface area (Å²) in [5, 5.41) is 0. The summed E-state index contributed by atoms with van der Waals surface area (Å²) in [6.07, 6.45) is -4.49.